The molecule has 1 atom stereocenters. The summed E-state index contributed by atoms with van der Waals surface area (Å²) in [5.41, 5.74) is 5.89. The van der Waals surface area contributed by atoms with Crippen molar-refractivity contribution in [1.82, 2.24) is 9.47 Å². The number of hydrogen-bond acceptors (Lipinski definition) is 3. The number of urea groups is 1. The fourth-order valence-electron chi connectivity index (χ4n) is 5.16. The van der Waals surface area contributed by atoms with Crippen LogP contribution in [0.1, 0.15) is 41.3 Å². The Labute approximate surface area is 221 Å². The van der Waals surface area contributed by atoms with E-state index in [-0.39, 0.29) is 30.6 Å². The highest BCUT2D eigenvalue weighted by Gasteiger charge is 2.40. The second-order valence-electron chi connectivity index (χ2n) is 9.85. The van der Waals surface area contributed by atoms with Gasteiger partial charge >= 0.3 is 6.03 Å². The third-order valence-corrected chi connectivity index (χ3v) is 7.18. The summed E-state index contributed by atoms with van der Waals surface area (Å²) in [6.07, 6.45) is 3.75. The lowest BCUT2D eigenvalue weighted by Crippen LogP contribution is -2.48. The highest BCUT2D eigenvalue weighted by molar-refractivity contribution is 6.01. The van der Waals surface area contributed by atoms with Gasteiger partial charge in [0.2, 0.25) is 5.91 Å². The Kier molecular flexibility index (Phi) is 5.93. The third kappa shape index (κ3) is 4.31. The first-order valence-corrected chi connectivity index (χ1v) is 12.8. The molecule has 2 heterocycles. The smallest absolute Gasteiger partial charge is 0.316 e. The van der Waals surface area contributed by atoms with Crippen molar-refractivity contribution in [2.24, 2.45) is 0 Å². The third-order valence-electron chi connectivity index (χ3n) is 7.18. The first kappa shape index (κ1) is 23.6. The van der Waals surface area contributed by atoms with Gasteiger partial charge in [-0.15, -0.1) is 0 Å². The minimum atomic E-state index is -0.337. The number of anilines is 2. The van der Waals surface area contributed by atoms with Crippen molar-refractivity contribution in [3.63, 3.8) is 0 Å². The highest BCUT2D eigenvalue weighted by Crippen LogP contribution is 2.42. The largest absolute Gasteiger partial charge is 0.322 e. The Bertz CT molecular complexity index is 1560. The second-order valence-corrected chi connectivity index (χ2v) is 9.85. The Balaban J connectivity index is 1.35. The summed E-state index contributed by atoms with van der Waals surface area (Å²) >= 11 is 0. The van der Waals surface area contributed by atoms with Gasteiger partial charge in [-0.1, -0.05) is 48.0 Å². The Morgan fingerprint density at radius 2 is 1.74 bits per heavy atom. The van der Waals surface area contributed by atoms with Gasteiger partial charge in [-0.25, -0.2) is 4.79 Å². The van der Waals surface area contributed by atoms with E-state index in [1.807, 2.05) is 54.4 Å². The summed E-state index contributed by atoms with van der Waals surface area (Å²) in [4.78, 5) is 31.0. The molecule has 4 aromatic rings. The lowest BCUT2D eigenvalue weighted by Gasteiger charge is -2.39. The number of para-hydroxylation sites is 2. The summed E-state index contributed by atoms with van der Waals surface area (Å²) in [5.74, 6) is -0.150. The Hall–Kier alpha value is -4.83. The lowest BCUT2D eigenvalue weighted by molar-refractivity contribution is -0.119. The van der Waals surface area contributed by atoms with Crippen LogP contribution >= 0.6 is 0 Å². The molecule has 3 aromatic carbocycles. The van der Waals surface area contributed by atoms with Crippen molar-refractivity contribution in [1.29, 1.82) is 5.26 Å². The zero-order chi connectivity index (χ0) is 26.2. The maximum Gasteiger partial charge on any atom is 0.322 e. The van der Waals surface area contributed by atoms with Crippen LogP contribution < -0.4 is 10.2 Å². The van der Waals surface area contributed by atoms with Gasteiger partial charge in [-0.3, -0.25) is 9.69 Å². The van der Waals surface area contributed by atoms with Crippen molar-refractivity contribution in [2.75, 3.05) is 16.8 Å². The fourth-order valence-corrected chi connectivity index (χ4v) is 5.16. The number of nitriles is 1. The average molecular weight is 502 g/mol. The summed E-state index contributed by atoms with van der Waals surface area (Å²) in [6.45, 7) is 2.00. The van der Waals surface area contributed by atoms with E-state index in [2.05, 4.69) is 40.2 Å². The molecule has 1 aliphatic carbocycles. The number of amides is 3. The molecule has 38 heavy (non-hydrogen) atoms. The number of nitrogens with zero attached hydrogens (tertiary/aromatic N) is 4. The van der Waals surface area contributed by atoms with Gasteiger partial charge in [0.25, 0.3) is 0 Å². The van der Waals surface area contributed by atoms with Gasteiger partial charge in [-0.05, 0) is 67.8 Å². The molecule has 0 spiro atoms. The molecule has 1 aliphatic heterocycles. The summed E-state index contributed by atoms with van der Waals surface area (Å²) in [6, 6.07) is 28.4. The van der Waals surface area contributed by atoms with Crippen molar-refractivity contribution in [3.8, 4) is 11.8 Å². The van der Waals surface area contributed by atoms with Gasteiger partial charge in [0, 0.05) is 17.9 Å². The van der Waals surface area contributed by atoms with Crippen molar-refractivity contribution in [3.05, 3.63) is 114 Å². The van der Waals surface area contributed by atoms with E-state index in [1.165, 1.54) is 0 Å². The van der Waals surface area contributed by atoms with E-state index in [0.29, 0.717) is 11.3 Å². The maximum absolute atomic E-state index is 14.2. The van der Waals surface area contributed by atoms with Crippen LogP contribution in [0.5, 0.6) is 0 Å². The lowest BCUT2D eigenvalue weighted by atomic mass is 9.97. The Morgan fingerprint density at radius 1 is 0.974 bits per heavy atom. The molecule has 1 saturated carbocycles. The maximum atomic E-state index is 14.2. The van der Waals surface area contributed by atoms with E-state index in [0.717, 1.165) is 41.0 Å². The number of carbonyl (C=O) groups excluding carboxylic acids is 2. The molecule has 1 aromatic heterocycles. The van der Waals surface area contributed by atoms with Crippen LogP contribution in [0.25, 0.3) is 5.69 Å². The Morgan fingerprint density at radius 3 is 2.47 bits per heavy atom. The number of benzene rings is 3. The molecule has 2 aliphatic rings. The normalized spacial score (nSPS) is 15.7. The first-order chi connectivity index (χ1) is 18.5. The minimum absolute atomic E-state index is 0.0137. The summed E-state index contributed by atoms with van der Waals surface area (Å²) in [5, 5.41) is 12.1. The van der Waals surface area contributed by atoms with Crippen LogP contribution in [0, 0.1) is 18.3 Å². The standard InChI is InChI=1S/C31H27N5O2/c1-21-11-13-23(14-12-21)30-28-10-5-17-34(28)26-8-2-3-9-27(26)36(30)29(37)20-35(25-15-16-25)31(38)33-24-7-4-6-22(18-24)19-32/h2-14,17-18,25,30H,15-16,20H2,1H3,(H,33,38). The van der Waals surface area contributed by atoms with Gasteiger partial charge in [0.05, 0.1) is 28.7 Å². The predicted octanol–water partition coefficient (Wildman–Crippen LogP) is 5.79. The van der Waals surface area contributed by atoms with Crippen LogP contribution in [-0.4, -0.2) is 34.0 Å². The zero-order valence-corrected chi connectivity index (χ0v) is 21.0. The van der Waals surface area contributed by atoms with Crippen molar-refractivity contribution in [2.45, 2.75) is 31.8 Å². The molecular formula is C31H27N5O2. The van der Waals surface area contributed by atoms with Crippen LogP contribution in [-0.2, 0) is 4.79 Å². The number of carbonyl (C=O) groups is 2. The van der Waals surface area contributed by atoms with E-state index < -0.39 is 0 Å². The average Bonchev–Trinajstić information content (AvgIpc) is 3.66. The molecule has 0 saturated heterocycles. The first-order valence-electron chi connectivity index (χ1n) is 12.8. The number of fused-ring (bicyclic) bond motifs is 3. The quantitative estimate of drug-likeness (QED) is 0.376. The van der Waals surface area contributed by atoms with Gasteiger partial charge in [0.1, 0.15) is 12.6 Å². The number of rotatable bonds is 5. The van der Waals surface area contributed by atoms with Crippen molar-refractivity contribution < 1.29 is 9.59 Å². The van der Waals surface area contributed by atoms with Crippen molar-refractivity contribution >= 4 is 23.3 Å². The van der Waals surface area contributed by atoms with E-state index in [4.69, 9.17) is 0 Å². The van der Waals surface area contributed by atoms with Crippen LogP contribution in [0.4, 0.5) is 16.2 Å². The predicted molar refractivity (Wildman–Crippen MR) is 146 cm³/mol. The minimum Gasteiger partial charge on any atom is -0.316 e. The molecule has 1 unspecified atom stereocenters. The van der Waals surface area contributed by atoms with E-state index in [9.17, 15) is 14.9 Å². The molecule has 6 rings (SSSR count). The van der Waals surface area contributed by atoms with Gasteiger partial charge in [0.15, 0.2) is 0 Å². The number of hydrogen-bond donors (Lipinski definition) is 1. The number of aryl methyl sites for hydroxylation is 1. The molecule has 188 valence electrons. The molecule has 0 bridgehead atoms. The molecule has 7 heteroatoms. The molecule has 1 fully saturated rings. The van der Waals surface area contributed by atoms with Crippen LogP contribution in [0.3, 0.4) is 0 Å². The molecule has 3 amide bonds. The molecular weight excluding hydrogens is 474 g/mol. The van der Waals surface area contributed by atoms with Gasteiger partial charge < -0.3 is 14.8 Å². The molecule has 7 nitrogen and oxygen atoms in total. The van der Waals surface area contributed by atoms with E-state index >= 15 is 0 Å². The monoisotopic (exact) mass is 501 g/mol. The SMILES string of the molecule is Cc1ccc(C2c3cccn3-c3ccccc3N2C(=O)CN(C(=O)Nc2cccc(C#N)c2)C2CC2)cc1. The topological polar surface area (TPSA) is 81.4 Å². The second kappa shape index (κ2) is 9.56. The highest BCUT2D eigenvalue weighted by atomic mass is 16.2. The zero-order valence-electron chi connectivity index (χ0n) is 21.0. The molecule has 1 N–H and O–H groups in total. The number of aromatic nitrogens is 1. The molecule has 0 radical (unpaired) electrons. The summed E-state index contributed by atoms with van der Waals surface area (Å²) in [7, 11) is 0. The van der Waals surface area contributed by atoms with Gasteiger partial charge in [-0.2, -0.15) is 5.26 Å². The van der Waals surface area contributed by atoms with Crippen LogP contribution in [0.2, 0.25) is 0 Å². The van der Waals surface area contributed by atoms with Crippen LogP contribution in [0.15, 0.2) is 91.1 Å². The summed E-state index contributed by atoms with van der Waals surface area (Å²) < 4.78 is 2.14. The fraction of sp³-hybridized carbons (Fsp3) is 0.194. The number of nitrogens with one attached hydrogen (secondary N) is 1. The van der Waals surface area contributed by atoms with E-state index in [1.54, 1.807) is 29.2 Å².